The Morgan fingerprint density at radius 1 is 1.29 bits per heavy atom. The van der Waals surface area contributed by atoms with Crippen LogP contribution in [0.4, 0.5) is 5.69 Å². The first kappa shape index (κ1) is 12.4. The van der Waals surface area contributed by atoms with Crippen LogP contribution >= 0.6 is 11.6 Å². The molecule has 2 nitrogen and oxygen atoms in total. The fourth-order valence-electron chi connectivity index (χ4n) is 2.15. The van der Waals surface area contributed by atoms with Gasteiger partial charge in [0.25, 0.3) is 0 Å². The second kappa shape index (κ2) is 4.02. The van der Waals surface area contributed by atoms with E-state index in [0.717, 1.165) is 16.8 Å². The maximum atomic E-state index is 11.8. The van der Waals surface area contributed by atoms with Crippen LogP contribution in [0.3, 0.4) is 0 Å². The molecule has 2 rings (SSSR count). The highest BCUT2D eigenvalue weighted by Crippen LogP contribution is 2.40. The van der Waals surface area contributed by atoms with Crippen LogP contribution in [0.15, 0.2) is 18.2 Å². The van der Waals surface area contributed by atoms with Gasteiger partial charge in [0.2, 0.25) is 5.91 Å². The van der Waals surface area contributed by atoms with Gasteiger partial charge in [0.05, 0.1) is 10.8 Å². The molecule has 0 bridgehead atoms. The van der Waals surface area contributed by atoms with E-state index >= 15 is 0 Å². The van der Waals surface area contributed by atoms with Crippen molar-refractivity contribution in [1.29, 1.82) is 0 Å². The summed E-state index contributed by atoms with van der Waals surface area (Å²) < 4.78 is 0. The van der Waals surface area contributed by atoms with Gasteiger partial charge in [-0.25, -0.2) is 0 Å². The number of halogens is 1. The van der Waals surface area contributed by atoms with Crippen LogP contribution in [-0.4, -0.2) is 5.91 Å². The Morgan fingerprint density at radius 3 is 2.53 bits per heavy atom. The lowest BCUT2D eigenvalue weighted by molar-refractivity contribution is -0.119. The number of nitrogens with one attached hydrogen (secondary N) is 1. The molecule has 1 atom stereocenters. The van der Waals surface area contributed by atoms with Crippen molar-refractivity contribution < 1.29 is 4.79 Å². The number of benzene rings is 1. The zero-order chi connectivity index (χ0) is 12.8. The highest BCUT2D eigenvalue weighted by Gasteiger charge is 2.38. The van der Waals surface area contributed by atoms with Gasteiger partial charge in [0.1, 0.15) is 0 Å². The molecular formula is C14H18ClNO. The van der Waals surface area contributed by atoms with Crippen molar-refractivity contribution in [2.45, 2.75) is 38.5 Å². The van der Waals surface area contributed by atoms with Crippen LogP contribution in [0.25, 0.3) is 0 Å². The summed E-state index contributed by atoms with van der Waals surface area (Å²) in [6, 6.07) is 6.01. The highest BCUT2D eigenvalue weighted by molar-refractivity contribution is 6.21. The van der Waals surface area contributed by atoms with Crippen LogP contribution in [-0.2, 0) is 10.2 Å². The first-order chi connectivity index (χ1) is 7.84. The van der Waals surface area contributed by atoms with Crippen LogP contribution in [0.2, 0.25) is 0 Å². The van der Waals surface area contributed by atoms with Crippen molar-refractivity contribution in [3.05, 3.63) is 29.3 Å². The number of amides is 1. The lowest BCUT2D eigenvalue weighted by Gasteiger charge is -2.18. The fourth-order valence-corrected chi connectivity index (χ4v) is 2.28. The molecule has 1 aromatic rings. The second-order valence-electron chi connectivity index (χ2n) is 5.53. The molecule has 1 aliphatic heterocycles. The molecule has 1 aliphatic rings. The quantitative estimate of drug-likeness (QED) is 0.795. The summed E-state index contributed by atoms with van der Waals surface area (Å²) >= 11 is 6.37. The number of carbonyl (C=O) groups excluding carboxylic acids is 1. The SMILES string of the molecule is CC(C)C(Cl)c1ccc2c(c1)C(C)(C)C(=O)N2. The molecule has 17 heavy (non-hydrogen) atoms. The van der Waals surface area contributed by atoms with Crippen molar-refractivity contribution in [1.82, 2.24) is 0 Å². The molecule has 0 aromatic heterocycles. The van der Waals surface area contributed by atoms with E-state index in [-0.39, 0.29) is 11.3 Å². The molecular weight excluding hydrogens is 234 g/mol. The van der Waals surface area contributed by atoms with E-state index in [9.17, 15) is 4.79 Å². The number of hydrogen-bond donors (Lipinski definition) is 1. The molecule has 1 heterocycles. The van der Waals surface area contributed by atoms with E-state index in [1.165, 1.54) is 0 Å². The zero-order valence-electron chi connectivity index (χ0n) is 10.7. The third-order valence-corrected chi connectivity index (χ3v) is 4.19. The van der Waals surface area contributed by atoms with E-state index in [1.54, 1.807) is 0 Å². The molecule has 0 saturated heterocycles. The Morgan fingerprint density at radius 2 is 1.94 bits per heavy atom. The van der Waals surface area contributed by atoms with E-state index in [4.69, 9.17) is 11.6 Å². The van der Waals surface area contributed by atoms with Gasteiger partial charge in [-0.2, -0.15) is 0 Å². The number of alkyl halides is 1. The van der Waals surface area contributed by atoms with Gasteiger partial charge in [0.15, 0.2) is 0 Å². The van der Waals surface area contributed by atoms with Gasteiger partial charge < -0.3 is 5.32 Å². The molecule has 0 aliphatic carbocycles. The normalized spacial score (nSPS) is 19.1. The first-order valence-electron chi connectivity index (χ1n) is 5.94. The predicted octanol–water partition coefficient (Wildman–Crippen LogP) is 3.85. The number of anilines is 1. The number of carbonyl (C=O) groups is 1. The summed E-state index contributed by atoms with van der Waals surface area (Å²) in [4.78, 5) is 11.8. The van der Waals surface area contributed by atoms with Crippen LogP contribution in [0.5, 0.6) is 0 Å². The number of rotatable bonds is 2. The Hall–Kier alpha value is -1.02. The topological polar surface area (TPSA) is 29.1 Å². The van der Waals surface area contributed by atoms with Crippen LogP contribution < -0.4 is 5.32 Å². The first-order valence-corrected chi connectivity index (χ1v) is 6.37. The average molecular weight is 252 g/mol. The molecule has 3 heteroatoms. The minimum atomic E-state index is -0.459. The van der Waals surface area contributed by atoms with Gasteiger partial charge in [-0.3, -0.25) is 4.79 Å². The monoisotopic (exact) mass is 251 g/mol. The molecule has 1 amide bonds. The minimum absolute atomic E-state index is 0.00759. The van der Waals surface area contributed by atoms with Crippen molar-refractivity contribution in [2.24, 2.45) is 5.92 Å². The molecule has 0 saturated carbocycles. The Bertz CT molecular complexity index is 465. The third kappa shape index (κ3) is 1.95. The maximum absolute atomic E-state index is 11.8. The van der Waals surface area contributed by atoms with Gasteiger partial charge >= 0.3 is 0 Å². The molecule has 0 fully saturated rings. The standard InChI is InChI=1S/C14H18ClNO/c1-8(2)12(15)9-5-6-11-10(7-9)14(3,4)13(17)16-11/h5-8,12H,1-4H3,(H,16,17). The Balaban J connectivity index is 2.46. The molecule has 1 aromatic carbocycles. The fraction of sp³-hybridized carbons (Fsp3) is 0.500. The van der Waals surface area contributed by atoms with Crippen molar-refractivity contribution in [3.63, 3.8) is 0 Å². The lowest BCUT2D eigenvalue weighted by Crippen LogP contribution is -2.26. The summed E-state index contributed by atoms with van der Waals surface area (Å²) in [6.07, 6.45) is 0. The van der Waals surface area contributed by atoms with Gasteiger partial charge in [-0.1, -0.05) is 26.0 Å². The highest BCUT2D eigenvalue weighted by atomic mass is 35.5. The van der Waals surface area contributed by atoms with Crippen molar-refractivity contribution in [3.8, 4) is 0 Å². The van der Waals surface area contributed by atoms with Crippen molar-refractivity contribution in [2.75, 3.05) is 5.32 Å². The molecule has 92 valence electrons. The smallest absolute Gasteiger partial charge is 0.234 e. The summed E-state index contributed by atoms with van der Waals surface area (Å²) in [5.74, 6) is 0.434. The molecule has 0 radical (unpaired) electrons. The van der Waals surface area contributed by atoms with Gasteiger partial charge in [-0.15, -0.1) is 11.6 Å². The molecule has 1 unspecified atom stereocenters. The van der Waals surface area contributed by atoms with E-state index in [2.05, 4.69) is 25.2 Å². The zero-order valence-corrected chi connectivity index (χ0v) is 11.4. The largest absolute Gasteiger partial charge is 0.325 e. The maximum Gasteiger partial charge on any atom is 0.234 e. The average Bonchev–Trinajstić information content (AvgIpc) is 2.49. The van der Waals surface area contributed by atoms with Crippen LogP contribution in [0, 0.1) is 5.92 Å². The van der Waals surface area contributed by atoms with Crippen molar-refractivity contribution >= 4 is 23.2 Å². The Kier molecular flexibility index (Phi) is 2.94. The third-order valence-electron chi connectivity index (χ3n) is 3.44. The molecule has 1 N–H and O–H groups in total. The van der Waals surface area contributed by atoms with E-state index in [0.29, 0.717) is 5.92 Å². The summed E-state index contributed by atoms with van der Waals surface area (Å²) in [5, 5.41) is 2.89. The van der Waals surface area contributed by atoms with E-state index < -0.39 is 5.41 Å². The van der Waals surface area contributed by atoms with Crippen LogP contribution in [0.1, 0.15) is 44.2 Å². The molecule has 0 spiro atoms. The Labute approximate surface area is 107 Å². The summed E-state index contributed by atoms with van der Waals surface area (Å²) in [5.41, 5.74) is 2.59. The summed E-state index contributed by atoms with van der Waals surface area (Å²) in [7, 11) is 0. The minimum Gasteiger partial charge on any atom is -0.325 e. The number of hydrogen-bond acceptors (Lipinski definition) is 1. The second-order valence-corrected chi connectivity index (χ2v) is 6.00. The lowest BCUT2D eigenvalue weighted by atomic mass is 9.84. The van der Waals surface area contributed by atoms with Gasteiger partial charge in [0, 0.05) is 5.69 Å². The van der Waals surface area contributed by atoms with E-state index in [1.807, 2.05) is 26.0 Å². The predicted molar refractivity (Wildman–Crippen MR) is 71.5 cm³/mol. The summed E-state index contributed by atoms with van der Waals surface area (Å²) in [6.45, 7) is 8.08. The van der Waals surface area contributed by atoms with Gasteiger partial charge in [-0.05, 0) is 37.0 Å². The number of fused-ring (bicyclic) bond motifs is 1.